The Morgan fingerprint density at radius 1 is 1.29 bits per heavy atom. The van der Waals surface area contributed by atoms with Crippen LogP contribution in [-0.2, 0) is 6.18 Å². The van der Waals surface area contributed by atoms with Crippen molar-refractivity contribution < 1.29 is 23.1 Å². The Morgan fingerprint density at radius 2 is 2.00 bits per heavy atom. The molecule has 2 rings (SSSR count). The van der Waals surface area contributed by atoms with Crippen molar-refractivity contribution in [2.45, 2.75) is 16.1 Å². The molecule has 1 N–H and O–H groups in total. The van der Waals surface area contributed by atoms with Gasteiger partial charge in [-0.25, -0.2) is 9.78 Å². The van der Waals surface area contributed by atoms with Gasteiger partial charge in [0, 0.05) is 11.1 Å². The van der Waals surface area contributed by atoms with Crippen molar-refractivity contribution in [2.75, 3.05) is 0 Å². The SMILES string of the molecule is O=C(O)c1ccc(Sc2ncccc2Cl)cc1C(F)(F)F. The topological polar surface area (TPSA) is 50.2 Å². The summed E-state index contributed by atoms with van der Waals surface area (Å²) in [5, 5.41) is 9.46. The number of carbonyl (C=O) groups is 1. The summed E-state index contributed by atoms with van der Waals surface area (Å²) < 4.78 is 38.7. The van der Waals surface area contributed by atoms with E-state index < -0.39 is 23.3 Å². The van der Waals surface area contributed by atoms with Gasteiger partial charge in [0.1, 0.15) is 5.03 Å². The van der Waals surface area contributed by atoms with Crippen molar-refractivity contribution in [1.29, 1.82) is 0 Å². The summed E-state index contributed by atoms with van der Waals surface area (Å²) in [6, 6.07) is 6.14. The number of nitrogens with zero attached hydrogens (tertiary/aromatic N) is 1. The van der Waals surface area contributed by atoms with Gasteiger partial charge >= 0.3 is 12.1 Å². The summed E-state index contributed by atoms with van der Waals surface area (Å²) in [4.78, 5) is 15.0. The molecule has 1 aromatic carbocycles. The van der Waals surface area contributed by atoms with E-state index in [0.29, 0.717) is 10.0 Å². The molecule has 0 aliphatic heterocycles. The maximum atomic E-state index is 12.9. The molecule has 1 heterocycles. The number of hydrogen-bond donors (Lipinski definition) is 1. The van der Waals surface area contributed by atoms with Gasteiger partial charge < -0.3 is 5.11 Å². The Bertz CT molecular complexity index is 691. The number of carboxylic acids is 1. The molecule has 0 unspecified atom stereocenters. The van der Waals surface area contributed by atoms with E-state index in [1.165, 1.54) is 12.3 Å². The van der Waals surface area contributed by atoms with Crippen LogP contribution < -0.4 is 0 Å². The van der Waals surface area contributed by atoms with Gasteiger partial charge in [-0.1, -0.05) is 23.4 Å². The number of aromatic carboxylic acids is 1. The first-order valence-corrected chi connectivity index (χ1v) is 6.71. The molecule has 0 aliphatic carbocycles. The fraction of sp³-hybridized carbons (Fsp3) is 0.0769. The minimum Gasteiger partial charge on any atom is -0.478 e. The number of aromatic nitrogens is 1. The normalized spacial score (nSPS) is 11.4. The second-order valence-corrected chi connectivity index (χ2v) is 5.37. The molecule has 0 saturated carbocycles. The summed E-state index contributed by atoms with van der Waals surface area (Å²) in [6.07, 6.45) is -3.29. The van der Waals surface area contributed by atoms with Crippen molar-refractivity contribution in [3.05, 3.63) is 52.7 Å². The third-order valence-electron chi connectivity index (χ3n) is 2.47. The highest BCUT2D eigenvalue weighted by atomic mass is 35.5. The standard InChI is InChI=1S/C13H7ClF3NO2S/c14-10-2-1-5-18-11(10)21-7-3-4-8(12(19)20)9(6-7)13(15,16)17/h1-6H,(H,19,20). The lowest BCUT2D eigenvalue weighted by molar-refractivity contribution is -0.138. The second kappa shape index (κ2) is 5.95. The van der Waals surface area contributed by atoms with Crippen LogP contribution in [0.25, 0.3) is 0 Å². The molecule has 0 bridgehead atoms. The minimum absolute atomic E-state index is 0.202. The Morgan fingerprint density at radius 3 is 2.57 bits per heavy atom. The largest absolute Gasteiger partial charge is 0.478 e. The molecule has 110 valence electrons. The van der Waals surface area contributed by atoms with Crippen LogP contribution in [0.3, 0.4) is 0 Å². The van der Waals surface area contributed by atoms with Gasteiger partial charge in [0.05, 0.1) is 16.1 Å². The van der Waals surface area contributed by atoms with E-state index in [4.69, 9.17) is 16.7 Å². The first-order valence-electron chi connectivity index (χ1n) is 5.52. The third-order valence-corrected chi connectivity index (χ3v) is 3.89. The van der Waals surface area contributed by atoms with Gasteiger partial charge in [-0.3, -0.25) is 0 Å². The van der Waals surface area contributed by atoms with Crippen LogP contribution in [0, 0.1) is 0 Å². The molecule has 8 heteroatoms. The van der Waals surface area contributed by atoms with Crippen LogP contribution in [0.5, 0.6) is 0 Å². The molecule has 2 aromatic rings. The van der Waals surface area contributed by atoms with Crippen LogP contribution in [0.1, 0.15) is 15.9 Å². The summed E-state index contributed by atoms with van der Waals surface area (Å²) >= 11 is 6.81. The number of rotatable bonds is 3. The molecule has 0 fully saturated rings. The molecular formula is C13H7ClF3NO2S. The Balaban J connectivity index is 2.43. The first kappa shape index (κ1) is 15.7. The highest BCUT2D eigenvalue weighted by Crippen LogP contribution is 2.37. The zero-order valence-corrected chi connectivity index (χ0v) is 11.8. The van der Waals surface area contributed by atoms with E-state index >= 15 is 0 Å². The number of halogens is 4. The lowest BCUT2D eigenvalue weighted by atomic mass is 10.1. The lowest BCUT2D eigenvalue weighted by Crippen LogP contribution is -2.12. The zero-order chi connectivity index (χ0) is 15.6. The van der Waals surface area contributed by atoms with Gasteiger partial charge in [0.2, 0.25) is 0 Å². The fourth-order valence-corrected chi connectivity index (χ4v) is 2.62. The second-order valence-electron chi connectivity index (χ2n) is 3.90. The highest BCUT2D eigenvalue weighted by Gasteiger charge is 2.35. The van der Waals surface area contributed by atoms with E-state index in [2.05, 4.69) is 4.98 Å². The van der Waals surface area contributed by atoms with Crippen molar-refractivity contribution in [3.63, 3.8) is 0 Å². The fourth-order valence-electron chi connectivity index (χ4n) is 1.57. The van der Waals surface area contributed by atoms with E-state index in [0.717, 1.165) is 23.9 Å². The number of hydrogen-bond acceptors (Lipinski definition) is 3. The summed E-state index contributed by atoms with van der Waals surface area (Å²) in [6.45, 7) is 0. The minimum atomic E-state index is -4.75. The smallest absolute Gasteiger partial charge is 0.417 e. The molecule has 0 saturated heterocycles. The Kier molecular flexibility index (Phi) is 4.43. The molecule has 3 nitrogen and oxygen atoms in total. The molecule has 0 radical (unpaired) electrons. The number of pyridine rings is 1. The number of carboxylic acid groups (broad SMARTS) is 1. The quantitative estimate of drug-likeness (QED) is 0.891. The zero-order valence-electron chi connectivity index (χ0n) is 10.2. The number of benzene rings is 1. The van der Waals surface area contributed by atoms with Gasteiger partial charge in [-0.15, -0.1) is 0 Å². The van der Waals surface area contributed by atoms with E-state index in [9.17, 15) is 18.0 Å². The average molecular weight is 334 g/mol. The maximum Gasteiger partial charge on any atom is 0.417 e. The molecule has 1 aromatic heterocycles. The van der Waals surface area contributed by atoms with Crippen molar-refractivity contribution in [1.82, 2.24) is 4.98 Å². The van der Waals surface area contributed by atoms with Gasteiger partial charge in [-0.2, -0.15) is 13.2 Å². The van der Waals surface area contributed by atoms with Crippen molar-refractivity contribution >= 4 is 29.3 Å². The van der Waals surface area contributed by atoms with Crippen LogP contribution in [0.2, 0.25) is 5.02 Å². The van der Waals surface area contributed by atoms with E-state index in [1.54, 1.807) is 12.1 Å². The molecule has 0 atom stereocenters. The summed E-state index contributed by atoms with van der Waals surface area (Å²) in [5.74, 6) is -1.63. The van der Waals surface area contributed by atoms with Gasteiger partial charge in [-0.05, 0) is 30.3 Å². The molecule has 0 spiro atoms. The molecule has 21 heavy (non-hydrogen) atoms. The van der Waals surface area contributed by atoms with Gasteiger partial charge in [0.25, 0.3) is 0 Å². The highest BCUT2D eigenvalue weighted by molar-refractivity contribution is 7.99. The van der Waals surface area contributed by atoms with E-state index in [-0.39, 0.29) is 4.90 Å². The lowest BCUT2D eigenvalue weighted by Gasteiger charge is -2.12. The van der Waals surface area contributed by atoms with Gasteiger partial charge in [0.15, 0.2) is 0 Å². The van der Waals surface area contributed by atoms with Crippen LogP contribution in [0.15, 0.2) is 46.5 Å². The van der Waals surface area contributed by atoms with E-state index in [1.807, 2.05) is 0 Å². The number of alkyl halides is 3. The molecule has 0 amide bonds. The van der Waals surface area contributed by atoms with Crippen molar-refractivity contribution in [2.24, 2.45) is 0 Å². The summed E-state index contributed by atoms with van der Waals surface area (Å²) in [5.41, 5.74) is -1.99. The Labute approximate surface area is 126 Å². The monoisotopic (exact) mass is 333 g/mol. The van der Waals surface area contributed by atoms with Crippen LogP contribution >= 0.6 is 23.4 Å². The summed E-state index contributed by atoms with van der Waals surface area (Å²) in [7, 11) is 0. The third kappa shape index (κ3) is 3.68. The predicted octanol–water partition coefficient (Wildman–Crippen LogP) is 4.60. The maximum absolute atomic E-state index is 12.9. The van der Waals surface area contributed by atoms with Crippen LogP contribution in [0.4, 0.5) is 13.2 Å². The average Bonchev–Trinajstić information content (AvgIpc) is 2.40. The first-order chi connectivity index (χ1) is 9.79. The molecular weight excluding hydrogens is 327 g/mol. The predicted molar refractivity (Wildman–Crippen MR) is 71.8 cm³/mol. The Hall–Kier alpha value is -1.73. The van der Waals surface area contributed by atoms with Crippen LogP contribution in [-0.4, -0.2) is 16.1 Å². The van der Waals surface area contributed by atoms with Crippen molar-refractivity contribution in [3.8, 4) is 0 Å². The molecule has 0 aliphatic rings.